The second-order valence-corrected chi connectivity index (χ2v) is 21.2. The normalized spacial score (nSPS) is 16.4. The van der Waals surface area contributed by atoms with E-state index in [1.807, 2.05) is 51.5 Å². The zero-order valence-electron chi connectivity index (χ0n) is 43.9. The predicted octanol–water partition coefficient (Wildman–Crippen LogP) is 4.11. The van der Waals surface area contributed by atoms with Crippen molar-refractivity contribution in [2.45, 2.75) is 110 Å². The van der Waals surface area contributed by atoms with Gasteiger partial charge >= 0.3 is 23.9 Å². The molecule has 4 atom stereocenters. The molecule has 0 fully saturated rings. The summed E-state index contributed by atoms with van der Waals surface area (Å²) in [6.07, 6.45) is 9.34. The number of aliphatic hydroxyl groups excluding tert-OH is 1. The van der Waals surface area contributed by atoms with Gasteiger partial charge in [-0.2, -0.15) is 0 Å². The van der Waals surface area contributed by atoms with E-state index < -0.39 is 37.2 Å². The molecule has 23 nitrogen and oxygen atoms in total. The third-order valence-corrected chi connectivity index (χ3v) is 13.9. The van der Waals surface area contributed by atoms with Gasteiger partial charge < -0.3 is 47.0 Å². The van der Waals surface area contributed by atoms with Crippen LogP contribution in [0.3, 0.4) is 0 Å². The van der Waals surface area contributed by atoms with Crippen molar-refractivity contribution in [1.82, 2.24) is 39.5 Å². The highest BCUT2D eigenvalue weighted by Crippen LogP contribution is 2.41. The molecule has 0 radical (unpaired) electrons. The lowest BCUT2D eigenvalue weighted by atomic mass is 9.85. The summed E-state index contributed by atoms with van der Waals surface area (Å²) in [4.78, 5) is 79.5. The minimum atomic E-state index is -4.28. The van der Waals surface area contributed by atoms with E-state index >= 15 is 0 Å². The first-order valence-electron chi connectivity index (χ1n) is 25.3. The average molecular weight is 1060 g/mol. The van der Waals surface area contributed by atoms with Crippen molar-refractivity contribution in [2.75, 3.05) is 61.2 Å². The van der Waals surface area contributed by atoms with Gasteiger partial charge in [-0.15, -0.1) is 10.2 Å². The van der Waals surface area contributed by atoms with Gasteiger partial charge in [0, 0.05) is 68.9 Å². The Labute approximate surface area is 435 Å². The number of hydrogen-bond acceptors (Lipinski definition) is 19. The molecule has 0 amide bonds. The second-order valence-electron chi connectivity index (χ2n) is 19.8. The van der Waals surface area contributed by atoms with Gasteiger partial charge in [0.15, 0.2) is 0 Å². The number of aryl methyl sites for hydroxylation is 2. The minimum absolute atomic E-state index is 0.0201. The van der Waals surface area contributed by atoms with Gasteiger partial charge in [-0.3, -0.25) is 33.1 Å². The Kier molecular flexibility index (Phi) is 20.5. The summed E-state index contributed by atoms with van der Waals surface area (Å²) in [5, 5.41) is 26.5. The van der Waals surface area contributed by atoms with Crippen molar-refractivity contribution in [1.29, 1.82) is 0 Å². The summed E-state index contributed by atoms with van der Waals surface area (Å²) in [6, 6.07) is 11.5. The maximum Gasteiger partial charge on any atom is 0.355 e. The monoisotopic (exact) mass is 1060 g/mol. The molecule has 0 aliphatic carbocycles. The molecule has 0 spiro atoms. The molecule has 1 aromatic carbocycles. The van der Waals surface area contributed by atoms with Crippen LogP contribution < -0.4 is 10.5 Å². The molecule has 408 valence electrons. The Morgan fingerprint density at radius 1 is 0.907 bits per heavy atom. The molecule has 2 aliphatic rings. The first-order valence-corrected chi connectivity index (χ1v) is 26.8. The van der Waals surface area contributed by atoms with E-state index in [0.29, 0.717) is 103 Å². The molecule has 0 bridgehead atoms. The van der Waals surface area contributed by atoms with Crippen molar-refractivity contribution >= 4 is 42.6 Å². The standard InChI is InChI=1S/C29H52N7O9P.C22H18N2O5/c1-34-22-26(30-32-34)21-25(12-10-16-37)29(39)43-17-11-13-24(28(38)42-5)20-27-23-35(33-31-27)14-8-6-7-9-18-44-46(40,41)45-19-15-36(2,3)4;1-3-22(29-12(2)25)16-9-18-19-14(8-13-6-4-5-7-17(13)23-19)10-24(18)20(26)15(16)11-28-21(22)27/h22-25,37H,6-21H2,1-5H3;4-9H,3,10-11H2,1-2H3/t;22-/m.0/s1. The maximum absolute atomic E-state index is 13.3. The Morgan fingerprint density at radius 3 is 2.29 bits per heavy atom. The van der Waals surface area contributed by atoms with Crippen molar-refractivity contribution in [3.63, 3.8) is 0 Å². The Bertz CT molecular complexity index is 2880. The number of rotatable bonds is 27. The SMILES string of the molecule is CC[C@@]1(OC(C)=O)C(=O)OCc2c1cc1n(c2=O)Cc2cc3ccccc3nc2-1.COC(=O)C(CCCOC(=O)C(CCCO)Cc1cn(C)nn1)Cc1cn(CCCCCCOP(=O)([O-])OCC[N+](C)(C)C)nn1. The van der Waals surface area contributed by atoms with E-state index in [0.717, 1.165) is 35.7 Å². The first-order chi connectivity index (χ1) is 35.8. The lowest BCUT2D eigenvalue weighted by Gasteiger charge is -2.35. The average Bonchev–Trinajstić information content (AvgIpc) is 4.11. The number of hydrogen-bond donors (Lipinski definition) is 1. The largest absolute Gasteiger partial charge is 0.756 e. The number of unbranched alkanes of at least 4 members (excludes halogenated alkanes) is 3. The number of likely N-dealkylation sites (N-methyl/N-ethyl adjacent to an activating group) is 1. The van der Waals surface area contributed by atoms with Gasteiger partial charge in [0.25, 0.3) is 13.4 Å². The van der Waals surface area contributed by atoms with Crippen LogP contribution in [0.2, 0.25) is 0 Å². The summed E-state index contributed by atoms with van der Waals surface area (Å²) in [6.45, 7) is 4.71. The minimum Gasteiger partial charge on any atom is -0.756 e. The Morgan fingerprint density at radius 2 is 1.60 bits per heavy atom. The summed E-state index contributed by atoms with van der Waals surface area (Å²) in [7, 11) is 4.66. The van der Waals surface area contributed by atoms with Gasteiger partial charge in [0.05, 0.1) is 93.7 Å². The number of carbonyl (C=O) groups excluding carboxylic acids is 4. The van der Waals surface area contributed by atoms with Gasteiger partial charge in [0.1, 0.15) is 19.8 Å². The van der Waals surface area contributed by atoms with Crippen LogP contribution in [0.1, 0.15) is 99.7 Å². The Balaban J connectivity index is 0.000000267. The number of phosphoric ester groups is 1. The first kappa shape index (κ1) is 58.0. The van der Waals surface area contributed by atoms with E-state index in [-0.39, 0.29) is 57.0 Å². The van der Waals surface area contributed by atoms with Crippen LogP contribution in [0.25, 0.3) is 22.3 Å². The molecular formula is C51H70N9O14P. The number of carbonyl (C=O) groups is 4. The maximum atomic E-state index is 13.3. The highest BCUT2D eigenvalue weighted by molar-refractivity contribution is 7.45. The van der Waals surface area contributed by atoms with Crippen molar-refractivity contribution < 1.29 is 66.2 Å². The van der Waals surface area contributed by atoms with Crippen LogP contribution in [0.15, 0.2) is 53.6 Å². The predicted molar refractivity (Wildman–Crippen MR) is 269 cm³/mol. The van der Waals surface area contributed by atoms with Crippen LogP contribution in [-0.2, 0) is 96.9 Å². The molecule has 6 heterocycles. The van der Waals surface area contributed by atoms with E-state index in [4.69, 9.17) is 33.0 Å². The van der Waals surface area contributed by atoms with Gasteiger partial charge in [-0.25, -0.2) is 9.78 Å². The number of fused-ring (bicyclic) bond motifs is 5. The number of quaternary nitrogens is 1. The molecule has 1 N–H and O–H groups in total. The third-order valence-electron chi connectivity index (χ3n) is 12.9. The Hall–Kier alpha value is -6.23. The van der Waals surface area contributed by atoms with Crippen LogP contribution in [-0.4, -0.2) is 134 Å². The van der Waals surface area contributed by atoms with Crippen molar-refractivity contribution in [3.05, 3.63) is 87.2 Å². The summed E-state index contributed by atoms with van der Waals surface area (Å²) >= 11 is 0. The number of pyridine rings is 2. The molecule has 0 saturated carbocycles. The van der Waals surface area contributed by atoms with Gasteiger partial charge in [0.2, 0.25) is 5.60 Å². The molecule has 7 rings (SSSR count). The number of methoxy groups -OCH3 is 1. The topological polar surface area (TPSA) is 280 Å². The molecule has 24 heteroatoms. The molecular weight excluding hydrogens is 994 g/mol. The highest BCUT2D eigenvalue weighted by atomic mass is 31.2. The van der Waals surface area contributed by atoms with Crippen LogP contribution in [0, 0.1) is 11.8 Å². The van der Waals surface area contributed by atoms with E-state index in [1.54, 1.807) is 46.4 Å². The lowest BCUT2D eigenvalue weighted by molar-refractivity contribution is -0.870. The summed E-state index contributed by atoms with van der Waals surface area (Å²) in [5.41, 5.74) is 3.28. The van der Waals surface area contributed by atoms with E-state index in [9.17, 15) is 38.5 Å². The third kappa shape index (κ3) is 15.9. The van der Waals surface area contributed by atoms with Gasteiger partial charge in [-0.1, -0.05) is 48.4 Å². The lowest BCUT2D eigenvalue weighted by Crippen LogP contribution is -2.47. The fourth-order valence-corrected chi connectivity index (χ4v) is 9.70. The zero-order valence-corrected chi connectivity index (χ0v) is 44.8. The fraction of sp³-hybridized carbons (Fsp3) is 0.569. The number of esters is 4. The van der Waals surface area contributed by atoms with Crippen LogP contribution >= 0.6 is 7.82 Å². The quantitative estimate of drug-likeness (QED) is 0.0250. The highest BCUT2D eigenvalue weighted by Gasteiger charge is 2.50. The van der Waals surface area contributed by atoms with Crippen molar-refractivity contribution in [3.8, 4) is 11.4 Å². The number of cyclic esters (lactones) is 1. The number of ether oxygens (including phenoxy) is 4. The fourth-order valence-electron chi connectivity index (χ4n) is 8.96. The smallest absolute Gasteiger partial charge is 0.355 e. The van der Waals surface area contributed by atoms with E-state index in [1.165, 1.54) is 14.0 Å². The van der Waals surface area contributed by atoms with Crippen LogP contribution in [0.5, 0.6) is 0 Å². The summed E-state index contributed by atoms with van der Waals surface area (Å²) < 4.78 is 48.4. The number of benzene rings is 1. The second kappa shape index (κ2) is 26.5. The van der Waals surface area contributed by atoms with E-state index in [2.05, 4.69) is 20.6 Å². The molecule has 4 aromatic heterocycles. The number of nitrogens with zero attached hydrogens (tertiary/aromatic N) is 9. The summed E-state index contributed by atoms with van der Waals surface area (Å²) in [5.74, 6) is -2.91. The zero-order chi connectivity index (χ0) is 54.3. The molecule has 75 heavy (non-hydrogen) atoms. The number of aromatic nitrogens is 8. The molecule has 2 aliphatic heterocycles. The number of phosphoric acid groups is 1. The molecule has 5 aromatic rings. The molecule has 0 saturated heterocycles. The number of para-hydroxylation sites is 1. The van der Waals surface area contributed by atoms with Gasteiger partial charge in [-0.05, 0) is 63.1 Å². The molecule has 3 unspecified atom stereocenters. The van der Waals surface area contributed by atoms with Crippen LogP contribution in [0.4, 0.5) is 0 Å². The van der Waals surface area contributed by atoms with Crippen molar-refractivity contribution in [2.24, 2.45) is 18.9 Å². The number of aliphatic hydroxyl groups is 1.